The van der Waals surface area contributed by atoms with Crippen LogP contribution in [0, 0.1) is 5.92 Å². The first-order valence-electron chi connectivity index (χ1n) is 7.57. The number of hydrogen-bond acceptors (Lipinski definition) is 3. The summed E-state index contributed by atoms with van der Waals surface area (Å²) in [5, 5.41) is 5.68. The molecule has 1 aliphatic carbocycles. The highest BCUT2D eigenvalue weighted by atomic mass is 16.3. The van der Waals surface area contributed by atoms with E-state index in [1.807, 2.05) is 18.2 Å². The van der Waals surface area contributed by atoms with Crippen LogP contribution < -0.4 is 10.6 Å². The van der Waals surface area contributed by atoms with Crippen molar-refractivity contribution >= 4 is 22.8 Å². The molecule has 1 aromatic heterocycles. The Bertz CT molecular complexity index is 644. The summed E-state index contributed by atoms with van der Waals surface area (Å²) in [5.41, 5.74) is 2.32. The summed E-state index contributed by atoms with van der Waals surface area (Å²) >= 11 is 0. The molecule has 5 nitrogen and oxygen atoms in total. The number of amides is 2. The van der Waals surface area contributed by atoms with Crippen LogP contribution in [-0.2, 0) is 0 Å². The van der Waals surface area contributed by atoms with Crippen LogP contribution in [0.1, 0.15) is 44.9 Å². The summed E-state index contributed by atoms with van der Waals surface area (Å²) < 4.78 is 5.70. The zero-order valence-electron chi connectivity index (χ0n) is 12.5. The molecule has 0 atom stereocenters. The Morgan fingerprint density at radius 3 is 2.95 bits per heavy atom. The first-order chi connectivity index (χ1) is 10.1. The van der Waals surface area contributed by atoms with Gasteiger partial charge < -0.3 is 15.1 Å². The molecule has 1 aliphatic rings. The van der Waals surface area contributed by atoms with Crippen LogP contribution in [0.3, 0.4) is 0 Å². The van der Waals surface area contributed by atoms with Crippen molar-refractivity contribution in [1.29, 1.82) is 0 Å². The Hall–Kier alpha value is -2.04. The molecule has 0 unspecified atom stereocenters. The quantitative estimate of drug-likeness (QED) is 0.877. The van der Waals surface area contributed by atoms with Crippen molar-refractivity contribution in [2.45, 2.75) is 39.0 Å². The van der Waals surface area contributed by atoms with E-state index in [4.69, 9.17) is 4.42 Å². The largest absolute Gasteiger partial charge is 0.440 e. The summed E-state index contributed by atoms with van der Waals surface area (Å²) in [5.74, 6) is 1.90. The molecule has 112 valence electrons. The van der Waals surface area contributed by atoms with Gasteiger partial charge in [0.1, 0.15) is 5.52 Å². The van der Waals surface area contributed by atoms with E-state index in [1.165, 1.54) is 0 Å². The van der Waals surface area contributed by atoms with Crippen LogP contribution in [0.4, 0.5) is 10.5 Å². The van der Waals surface area contributed by atoms with Crippen molar-refractivity contribution in [3.05, 3.63) is 24.1 Å². The smallest absolute Gasteiger partial charge is 0.319 e. The fourth-order valence-corrected chi connectivity index (χ4v) is 2.18. The van der Waals surface area contributed by atoms with Crippen LogP contribution in [0.5, 0.6) is 0 Å². The van der Waals surface area contributed by atoms with Crippen LogP contribution in [-0.4, -0.2) is 17.6 Å². The molecule has 0 bridgehead atoms. The standard InChI is InChI=1S/C16H21N3O2/c1-10(2)7-8-17-16(20)18-12-5-6-14-13(9-12)19-15(21-14)11-3-4-11/h5-6,9-11H,3-4,7-8H2,1-2H3,(H2,17,18,20). The molecule has 1 saturated carbocycles. The molecule has 1 heterocycles. The zero-order chi connectivity index (χ0) is 14.8. The first kappa shape index (κ1) is 13.9. The van der Waals surface area contributed by atoms with Gasteiger partial charge in [-0.15, -0.1) is 0 Å². The van der Waals surface area contributed by atoms with Gasteiger partial charge in [-0.2, -0.15) is 0 Å². The number of oxazole rings is 1. The molecule has 2 amide bonds. The van der Waals surface area contributed by atoms with Gasteiger partial charge >= 0.3 is 6.03 Å². The molecule has 3 rings (SSSR count). The third kappa shape index (κ3) is 3.54. The minimum Gasteiger partial charge on any atom is -0.440 e. The van der Waals surface area contributed by atoms with Gasteiger partial charge in [-0.05, 0) is 43.4 Å². The maximum atomic E-state index is 11.8. The van der Waals surface area contributed by atoms with E-state index in [0.29, 0.717) is 18.4 Å². The minimum atomic E-state index is -0.180. The average molecular weight is 287 g/mol. The van der Waals surface area contributed by atoms with Crippen molar-refractivity contribution in [1.82, 2.24) is 10.3 Å². The number of urea groups is 1. The fraction of sp³-hybridized carbons (Fsp3) is 0.500. The van der Waals surface area contributed by atoms with E-state index < -0.39 is 0 Å². The second-order valence-corrected chi connectivity index (χ2v) is 6.07. The Balaban J connectivity index is 1.62. The van der Waals surface area contributed by atoms with Crippen LogP contribution in [0.25, 0.3) is 11.1 Å². The number of hydrogen-bond donors (Lipinski definition) is 2. The average Bonchev–Trinajstić information content (AvgIpc) is 3.18. The lowest BCUT2D eigenvalue weighted by Crippen LogP contribution is -2.30. The van der Waals surface area contributed by atoms with Gasteiger partial charge in [0.05, 0.1) is 0 Å². The molecule has 0 radical (unpaired) electrons. The first-order valence-corrected chi connectivity index (χ1v) is 7.57. The lowest BCUT2D eigenvalue weighted by molar-refractivity contribution is 0.251. The maximum Gasteiger partial charge on any atom is 0.319 e. The topological polar surface area (TPSA) is 67.2 Å². The van der Waals surface area contributed by atoms with E-state index >= 15 is 0 Å². The third-order valence-electron chi connectivity index (χ3n) is 3.60. The Kier molecular flexibility index (Phi) is 3.82. The van der Waals surface area contributed by atoms with E-state index in [2.05, 4.69) is 29.5 Å². The molecule has 0 aliphatic heterocycles. The second-order valence-electron chi connectivity index (χ2n) is 6.07. The van der Waals surface area contributed by atoms with Crippen molar-refractivity contribution in [2.24, 2.45) is 5.92 Å². The van der Waals surface area contributed by atoms with Gasteiger partial charge in [-0.3, -0.25) is 0 Å². The highest BCUT2D eigenvalue weighted by Crippen LogP contribution is 2.40. The molecule has 2 aromatic rings. The van der Waals surface area contributed by atoms with Gasteiger partial charge in [0, 0.05) is 18.2 Å². The maximum absolute atomic E-state index is 11.8. The predicted molar refractivity (Wildman–Crippen MR) is 82.5 cm³/mol. The van der Waals surface area contributed by atoms with Crippen molar-refractivity contribution in [2.75, 3.05) is 11.9 Å². The van der Waals surface area contributed by atoms with Gasteiger partial charge in [-0.1, -0.05) is 13.8 Å². The predicted octanol–water partition coefficient (Wildman–Crippen LogP) is 3.87. The molecule has 1 aromatic carbocycles. The summed E-state index contributed by atoms with van der Waals surface area (Å²) in [4.78, 5) is 16.3. The summed E-state index contributed by atoms with van der Waals surface area (Å²) in [7, 11) is 0. The number of carbonyl (C=O) groups is 1. The molecule has 1 fully saturated rings. The Labute approximate surface area is 124 Å². The lowest BCUT2D eigenvalue weighted by Gasteiger charge is -2.08. The van der Waals surface area contributed by atoms with Crippen LogP contribution >= 0.6 is 0 Å². The molecule has 0 spiro atoms. The minimum absolute atomic E-state index is 0.180. The highest BCUT2D eigenvalue weighted by molar-refractivity contribution is 5.91. The van der Waals surface area contributed by atoms with E-state index in [-0.39, 0.29) is 6.03 Å². The number of benzene rings is 1. The molecular weight excluding hydrogens is 266 g/mol. The van der Waals surface area contributed by atoms with E-state index in [1.54, 1.807) is 0 Å². The van der Waals surface area contributed by atoms with Gasteiger partial charge in [-0.25, -0.2) is 9.78 Å². The SMILES string of the molecule is CC(C)CCNC(=O)Nc1ccc2oc(C3CC3)nc2c1. The molecular formula is C16H21N3O2. The van der Waals surface area contributed by atoms with E-state index in [9.17, 15) is 4.79 Å². The number of anilines is 1. The third-order valence-corrected chi connectivity index (χ3v) is 3.60. The normalized spacial score (nSPS) is 14.6. The number of nitrogens with zero attached hydrogens (tertiary/aromatic N) is 1. The van der Waals surface area contributed by atoms with Crippen molar-refractivity contribution in [3.8, 4) is 0 Å². The van der Waals surface area contributed by atoms with Crippen molar-refractivity contribution in [3.63, 3.8) is 0 Å². The summed E-state index contributed by atoms with van der Waals surface area (Å²) in [6, 6.07) is 5.37. The highest BCUT2D eigenvalue weighted by Gasteiger charge is 2.28. The van der Waals surface area contributed by atoms with Crippen LogP contribution in [0.2, 0.25) is 0 Å². The zero-order valence-corrected chi connectivity index (χ0v) is 12.5. The summed E-state index contributed by atoms with van der Waals surface area (Å²) in [6.07, 6.45) is 3.30. The van der Waals surface area contributed by atoms with Crippen LogP contribution in [0.15, 0.2) is 22.6 Å². The Morgan fingerprint density at radius 1 is 1.43 bits per heavy atom. The second kappa shape index (κ2) is 5.76. The molecule has 2 N–H and O–H groups in total. The molecule has 21 heavy (non-hydrogen) atoms. The van der Waals surface area contributed by atoms with E-state index in [0.717, 1.165) is 41.9 Å². The lowest BCUT2D eigenvalue weighted by atomic mass is 10.1. The summed E-state index contributed by atoms with van der Waals surface area (Å²) in [6.45, 7) is 4.95. The van der Waals surface area contributed by atoms with Crippen molar-refractivity contribution < 1.29 is 9.21 Å². The van der Waals surface area contributed by atoms with Gasteiger partial charge in [0.15, 0.2) is 11.5 Å². The number of nitrogens with one attached hydrogen (secondary N) is 2. The number of fused-ring (bicyclic) bond motifs is 1. The molecule has 5 heteroatoms. The number of rotatable bonds is 5. The molecule has 0 saturated heterocycles. The van der Waals surface area contributed by atoms with Gasteiger partial charge in [0.2, 0.25) is 0 Å². The monoisotopic (exact) mass is 287 g/mol. The number of aromatic nitrogens is 1. The number of carbonyl (C=O) groups excluding carboxylic acids is 1. The fourth-order valence-electron chi connectivity index (χ4n) is 2.18. The van der Waals surface area contributed by atoms with Gasteiger partial charge in [0.25, 0.3) is 0 Å². The Morgan fingerprint density at radius 2 is 2.24 bits per heavy atom.